The van der Waals surface area contributed by atoms with Gasteiger partial charge >= 0.3 is 6.18 Å². The first-order valence-electron chi connectivity index (χ1n) is 9.93. The second kappa shape index (κ2) is 20.3. The third kappa shape index (κ3) is 20.7. The second-order valence-corrected chi connectivity index (χ2v) is 7.78. The Kier molecular flexibility index (Phi) is 20.0. The first-order valence-corrected chi connectivity index (χ1v) is 13.1. The summed E-state index contributed by atoms with van der Waals surface area (Å²) in [5.41, 5.74) is 0. The van der Waals surface area contributed by atoms with Crippen LogP contribution in [-0.2, 0) is 9.05 Å². The average Bonchev–Trinajstić information content (AvgIpc) is 2.70. The monoisotopic (exact) mass is 480 g/mol. The average molecular weight is 480 g/mol. The van der Waals surface area contributed by atoms with Gasteiger partial charge in [0, 0.05) is 18.0 Å². The van der Waals surface area contributed by atoms with Gasteiger partial charge in [-0.05, 0) is 25.7 Å². The summed E-state index contributed by atoms with van der Waals surface area (Å²) in [6.45, 7) is 2.15. The molecule has 0 aromatic heterocycles. The minimum absolute atomic E-state index is 0.0291. The van der Waals surface area contributed by atoms with Gasteiger partial charge in [-0.2, -0.15) is 13.2 Å². The molecule has 30 heavy (non-hydrogen) atoms. The van der Waals surface area contributed by atoms with Crippen molar-refractivity contribution in [2.45, 2.75) is 63.8 Å². The summed E-state index contributed by atoms with van der Waals surface area (Å²) in [5, 5.41) is 0. The molecule has 0 rings (SSSR count). The summed E-state index contributed by atoms with van der Waals surface area (Å²) < 4.78 is 47.1. The molecule has 0 N–H and O–H groups in total. The summed E-state index contributed by atoms with van der Waals surface area (Å²) >= 11 is 0. The van der Waals surface area contributed by atoms with Gasteiger partial charge in [-0.3, -0.25) is 0 Å². The Bertz CT molecular complexity index is 583. The molecular formula is C22H34F3O2P3. The first kappa shape index (κ1) is 29.4. The summed E-state index contributed by atoms with van der Waals surface area (Å²) in [7, 11) is 5.13. The molecule has 0 spiro atoms. The van der Waals surface area contributed by atoms with Crippen molar-refractivity contribution in [3.05, 3.63) is 72.9 Å². The number of halogens is 3. The molecule has 8 heteroatoms. The quantitative estimate of drug-likeness (QED) is 0.126. The van der Waals surface area contributed by atoms with Crippen molar-refractivity contribution in [3.8, 4) is 0 Å². The number of hydrogen-bond acceptors (Lipinski definition) is 2. The number of unbranched alkanes of at least 4 members (excludes halogenated alkanes) is 1. The van der Waals surface area contributed by atoms with E-state index in [9.17, 15) is 13.2 Å². The normalized spacial score (nSPS) is 16.2. The highest BCUT2D eigenvalue weighted by Crippen LogP contribution is 2.25. The number of alkyl halides is 3. The summed E-state index contributed by atoms with van der Waals surface area (Å²) in [5.74, 6) is 0. The van der Waals surface area contributed by atoms with Crippen molar-refractivity contribution in [2.75, 3.05) is 0 Å². The first-order chi connectivity index (χ1) is 14.4. The van der Waals surface area contributed by atoms with Crippen molar-refractivity contribution in [2.24, 2.45) is 0 Å². The van der Waals surface area contributed by atoms with Crippen LogP contribution in [0.2, 0.25) is 0 Å². The van der Waals surface area contributed by atoms with Gasteiger partial charge in [0.15, 0.2) is 0 Å². The third-order valence-electron chi connectivity index (χ3n) is 3.69. The molecule has 0 aliphatic carbocycles. The van der Waals surface area contributed by atoms with Gasteiger partial charge < -0.3 is 9.05 Å². The van der Waals surface area contributed by atoms with E-state index < -0.39 is 12.6 Å². The zero-order valence-electron chi connectivity index (χ0n) is 17.4. The Labute approximate surface area is 186 Å². The van der Waals surface area contributed by atoms with Gasteiger partial charge in [0.05, 0.1) is 18.6 Å². The lowest BCUT2D eigenvalue weighted by Crippen LogP contribution is -2.03. The Morgan fingerprint density at radius 3 is 2.07 bits per heavy atom. The van der Waals surface area contributed by atoms with Crippen LogP contribution >= 0.6 is 26.9 Å². The Hall–Kier alpha value is -0.560. The van der Waals surface area contributed by atoms with Crippen LogP contribution in [0.4, 0.5) is 13.2 Å². The van der Waals surface area contributed by atoms with Crippen LogP contribution in [0.5, 0.6) is 0 Å². The molecule has 0 fully saturated rings. The molecule has 0 saturated carbocycles. The van der Waals surface area contributed by atoms with Gasteiger partial charge in [-0.15, -0.1) is 0 Å². The van der Waals surface area contributed by atoms with Crippen molar-refractivity contribution in [3.63, 3.8) is 0 Å². The van der Waals surface area contributed by atoms with Gasteiger partial charge in [-0.1, -0.05) is 95.2 Å². The Morgan fingerprint density at radius 1 is 0.867 bits per heavy atom. The van der Waals surface area contributed by atoms with Crippen molar-refractivity contribution >= 4 is 26.9 Å². The Morgan fingerprint density at radius 2 is 1.47 bits per heavy atom. The largest absolute Gasteiger partial charge is 0.392 e. The van der Waals surface area contributed by atoms with E-state index in [4.69, 9.17) is 9.05 Å². The maximum atomic E-state index is 12.0. The highest BCUT2D eigenvalue weighted by Gasteiger charge is 2.24. The number of allylic oxidation sites excluding steroid dienone is 8. The predicted molar refractivity (Wildman–Crippen MR) is 132 cm³/mol. The van der Waals surface area contributed by atoms with Crippen LogP contribution in [0.15, 0.2) is 72.9 Å². The smallest absolute Gasteiger partial charge is 0.358 e. The summed E-state index contributed by atoms with van der Waals surface area (Å²) in [6, 6.07) is 0. The highest BCUT2D eigenvalue weighted by molar-refractivity contribution is 8.00. The van der Waals surface area contributed by atoms with Gasteiger partial charge in [0.25, 0.3) is 0 Å². The molecule has 0 amide bonds. The fraction of sp³-hybridized carbons (Fsp3) is 0.455. The van der Waals surface area contributed by atoms with Crippen LogP contribution in [-0.4, -0.2) is 18.4 Å². The van der Waals surface area contributed by atoms with E-state index in [0.717, 1.165) is 25.3 Å². The van der Waals surface area contributed by atoms with Crippen LogP contribution in [0, 0.1) is 0 Å². The van der Waals surface area contributed by atoms with Gasteiger partial charge in [0.1, 0.15) is 0 Å². The third-order valence-corrected chi connectivity index (χ3v) is 4.89. The topological polar surface area (TPSA) is 18.5 Å². The molecule has 0 heterocycles. The second-order valence-electron chi connectivity index (χ2n) is 6.33. The summed E-state index contributed by atoms with van der Waals surface area (Å²) in [6.07, 6.45) is 21.6. The highest BCUT2D eigenvalue weighted by atomic mass is 32.0. The minimum Gasteiger partial charge on any atom is -0.358 e. The van der Waals surface area contributed by atoms with Crippen LogP contribution < -0.4 is 0 Å². The standard InChI is InChI=1S/C22H34F3O2P3/c1-2-3-4-10-15-20(26-28)16-11-7-8-13-18-21(27-30-29)17-12-6-5-9-14-19-22(23,24)25/h4,6-14,16,18,20-21,30H,2-3,5,15,17,19,28-29H2,1H3. The molecule has 0 bridgehead atoms. The van der Waals surface area contributed by atoms with E-state index in [-0.39, 0.29) is 20.7 Å². The molecule has 170 valence electrons. The molecule has 5 unspecified atom stereocenters. The molecule has 0 aliphatic rings. The number of hydrogen-bond donors (Lipinski definition) is 0. The zero-order chi connectivity index (χ0) is 22.5. The predicted octanol–water partition coefficient (Wildman–Crippen LogP) is 8.19. The lowest BCUT2D eigenvalue weighted by molar-refractivity contribution is -0.125. The SMILES string of the molecule is CCCC=CCC(C=CC=CC=CC(CC=CCC=CCC(F)(F)F)OPP)OP. The molecule has 2 nitrogen and oxygen atoms in total. The van der Waals surface area contributed by atoms with Crippen molar-refractivity contribution in [1.29, 1.82) is 0 Å². The van der Waals surface area contributed by atoms with Crippen LogP contribution in [0.25, 0.3) is 0 Å². The van der Waals surface area contributed by atoms with E-state index in [0.29, 0.717) is 12.8 Å². The van der Waals surface area contributed by atoms with Crippen molar-refractivity contribution < 1.29 is 22.2 Å². The molecule has 0 aromatic carbocycles. The lowest BCUT2D eigenvalue weighted by atomic mass is 10.2. The maximum absolute atomic E-state index is 12.0. The number of rotatable bonds is 16. The molecule has 0 aromatic rings. The minimum atomic E-state index is -4.14. The van der Waals surface area contributed by atoms with E-state index in [1.54, 1.807) is 0 Å². The summed E-state index contributed by atoms with van der Waals surface area (Å²) in [4.78, 5) is 0. The molecule has 5 atom stereocenters. The van der Waals surface area contributed by atoms with E-state index in [2.05, 4.69) is 37.5 Å². The maximum Gasteiger partial charge on any atom is 0.392 e. The van der Waals surface area contributed by atoms with Crippen LogP contribution in [0.3, 0.4) is 0 Å². The fourth-order valence-corrected chi connectivity index (χ4v) is 3.25. The molecular weight excluding hydrogens is 446 g/mol. The zero-order valence-corrected chi connectivity index (χ0v) is 20.7. The van der Waals surface area contributed by atoms with E-state index in [1.807, 2.05) is 48.6 Å². The fourth-order valence-electron chi connectivity index (χ4n) is 2.17. The van der Waals surface area contributed by atoms with Gasteiger partial charge in [0.2, 0.25) is 0 Å². The van der Waals surface area contributed by atoms with E-state index in [1.165, 1.54) is 6.08 Å². The molecule has 0 aliphatic heterocycles. The Balaban J connectivity index is 4.34. The lowest BCUT2D eigenvalue weighted by Gasteiger charge is -2.09. The molecule has 0 saturated heterocycles. The van der Waals surface area contributed by atoms with E-state index >= 15 is 0 Å². The van der Waals surface area contributed by atoms with Gasteiger partial charge in [-0.25, -0.2) is 0 Å². The molecule has 0 radical (unpaired) electrons. The van der Waals surface area contributed by atoms with Crippen molar-refractivity contribution in [1.82, 2.24) is 0 Å². The van der Waals surface area contributed by atoms with Crippen LogP contribution in [0.1, 0.15) is 45.4 Å².